The highest BCUT2D eigenvalue weighted by molar-refractivity contribution is 7.18. The van der Waals surface area contributed by atoms with Crippen LogP contribution in [0.25, 0.3) is 10.2 Å². The summed E-state index contributed by atoms with van der Waals surface area (Å²) in [6, 6.07) is 8.33. The van der Waals surface area contributed by atoms with Gasteiger partial charge in [-0.1, -0.05) is 22.9 Å². The number of benzene rings is 1. The zero-order chi connectivity index (χ0) is 16.4. The summed E-state index contributed by atoms with van der Waals surface area (Å²) < 4.78 is 1.05. The van der Waals surface area contributed by atoms with Crippen molar-refractivity contribution in [3.63, 3.8) is 0 Å². The van der Waals surface area contributed by atoms with Crippen LogP contribution in [0.1, 0.15) is 14.7 Å². The Balaban J connectivity index is 1.59. The van der Waals surface area contributed by atoms with E-state index in [9.17, 15) is 14.9 Å². The number of rotatable bonds is 5. The first-order valence-electron chi connectivity index (χ1n) is 6.60. The lowest BCUT2D eigenvalue weighted by molar-refractivity contribution is -0.380. The van der Waals surface area contributed by atoms with Gasteiger partial charge < -0.3 is 5.32 Å². The van der Waals surface area contributed by atoms with Gasteiger partial charge in [-0.25, -0.2) is 4.98 Å². The predicted octanol–water partition coefficient (Wildman–Crippen LogP) is 3.89. The first-order chi connectivity index (χ1) is 11.0. The second-order valence-corrected chi connectivity index (χ2v) is 7.23. The van der Waals surface area contributed by atoms with E-state index in [1.54, 1.807) is 17.4 Å². The summed E-state index contributed by atoms with van der Waals surface area (Å²) in [5.74, 6) is -0.313. The number of hydrogen-bond acceptors (Lipinski definition) is 6. The fraction of sp³-hybridized carbons (Fsp3) is 0.143. The minimum atomic E-state index is -0.506. The van der Waals surface area contributed by atoms with Gasteiger partial charge in [0, 0.05) is 24.1 Å². The number of amides is 1. The van der Waals surface area contributed by atoms with Crippen molar-refractivity contribution in [2.75, 3.05) is 6.54 Å². The van der Waals surface area contributed by atoms with Crippen LogP contribution in [0.2, 0.25) is 5.02 Å². The summed E-state index contributed by atoms with van der Waals surface area (Å²) in [7, 11) is 0. The zero-order valence-corrected chi connectivity index (χ0v) is 14.0. The van der Waals surface area contributed by atoms with Crippen LogP contribution in [0, 0.1) is 10.1 Å². The first-order valence-corrected chi connectivity index (χ1v) is 8.61. The number of nitro groups is 1. The third kappa shape index (κ3) is 3.66. The Morgan fingerprint density at radius 1 is 1.30 bits per heavy atom. The molecule has 0 saturated heterocycles. The minimum absolute atomic E-state index is 0.0433. The highest BCUT2D eigenvalue weighted by Crippen LogP contribution is 2.25. The van der Waals surface area contributed by atoms with Gasteiger partial charge in [0.2, 0.25) is 0 Å². The summed E-state index contributed by atoms with van der Waals surface area (Å²) >= 11 is 8.34. The molecule has 0 unspecified atom stereocenters. The molecule has 0 atom stereocenters. The lowest BCUT2D eigenvalue weighted by Gasteiger charge is -2.00. The number of thiophene rings is 1. The molecule has 23 heavy (non-hydrogen) atoms. The molecule has 0 bridgehead atoms. The van der Waals surface area contributed by atoms with Crippen molar-refractivity contribution in [2.24, 2.45) is 0 Å². The number of nitrogens with one attached hydrogen (secondary N) is 1. The molecule has 0 aliphatic carbocycles. The number of carbonyl (C=O) groups excluding carboxylic acids is 1. The fourth-order valence-corrected chi connectivity index (χ4v) is 3.82. The number of thiazole rings is 1. The number of aromatic nitrogens is 1. The Labute approximate surface area is 143 Å². The maximum absolute atomic E-state index is 11.9. The van der Waals surface area contributed by atoms with Gasteiger partial charge in [-0.2, -0.15) is 0 Å². The number of hydrogen-bond donors (Lipinski definition) is 1. The molecule has 1 aromatic carbocycles. The summed E-state index contributed by atoms with van der Waals surface area (Å²) in [6.07, 6.45) is 0.593. The van der Waals surface area contributed by atoms with Crippen LogP contribution < -0.4 is 5.32 Å². The van der Waals surface area contributed by atoms with Gasteiger partial charge in [0.25, 0.3) is 5.91 Å². The largest absolute Gasteiger partial charge is 0.351 e. The number of nitrogens with zero attached hydrogens (tertiary/aromatic N) is 2. The van der Waals surface area contributed by atoms with Gasteiger partial charge in [-0.05, 0) is 24.3 Å². The van der Waals surface area contributed by atoms with Crippen molar-refractivity contribution in [1.29, 1.82) is 0 Å². The molecule has 9 heteroatoms. The quantitative estimate of drug-likeness (QED) is 0.547. The van der Waals surface area contributed by atoms with Gasteiger partial charge in [0.05, 0.1) is 25.0 Å². The second-order valence-electron chi connectivity index (χ2n) is 4.62. The van der Waals surface area contributed by atoms with Crippen LogP contribution in [-0.2, 0) is 6.42 Å². The summed E-state index contributed by atoms with van der Waals surface area (Å²) in [5, 5.41) is 14.9. The third-order valence-corrected chi connectivity index (χ3v) is 5.38. The van der Waals surface area contributed by atoms with E-state index < -0.39 is 4.92 Å². The highest BCUT2D eigenvalue weighted by Gasteiger charge is 2.15. The van der Waals surface area contributed by atoms with E-state index in [0.29, 0.717) is 22.9 Å². The van der Waals surface area contributed by atoms with Crippen LogP contribution in [0.15, 0.2) is 30.3 Å². The summed E-state index contributed by atoms with van der Waals surface area (Å²) in [5.41, 5.74) is 0.845. The third-order valence-electron chi connectivity index (χ3n) is 3.01. The van der Waals surface area contributed by atoms with Crippen molar-refractivity contribution in [3.05, 3.63) is 55.4 Å². The van der Waals surface area contributed by atoms with Crippen molar-refractivity contribution < 1.29 is 9.72 Å². The molecule has 1 N–H and O–H groups in total. The van der Waals surface area contributed by atoms with Crippen LogP contribution in [0.5, 0.6) is 0 Å². The smallest absolute Gasteiger partial charge is 0.324 e. The Morgan fingerprint density at radius 3 is 2.87 bits per heavy atom. The maximum Gasteiger partial charge on any atom is 0.324 e. The molecule has 118 valence electrons. The molecule has 0 aliphatic heterocycles. The molecular weight excluding hydrogens is 358 g/mol. The number of fused-ring (bicyclic) bond motifs is 1. The van der Waals surface area contributed by atoms with E-state index in [1.165, 1.54) is 12.1 Å². The van der Waals surface area contributed by atoms with Gasteiger partial charge >= 0.3 is 5.00 Å². The topological polar surface area (TPSA) is 85.1 Å². The monoisotopic (exact) mass is 367 g/mol. The molecule has 0 aliphatic rings. The van der Waals surface area contributed by atoms with E-state index >= 15 is 0 Å². The van der Waals surface area contributed by atoms with Gasteiger partial charge in [0.1, 0.15) is 0 Å². The van der Waals surface area contributed by atoms with E-state index in [-0.39, 0.29) is 10.9 Å². The summed E-state index contributed by atoms with van der Waals surface area (Å²) in [4.78, 5) is 26.8. The average molecular weight is 368 g/mol. The summed E-state index contributed by atoms with van der Waals surface area (Å²) in [6.45, 7) is 0.415. The SMILES string of the molecule is O=C(NCCc1nc2cc(Cl)ccc2s1)c1ccc([N+](=O)[O-])s1. The first kappa shape index (κ1) is 15.9. The van der Waals surface area contributed by atoms with Crippen LogP contribution >= 0.6 is 34.3 Å². The van der Waals surface area contributed by atoms with E-state index in [1.807, 2.05) is 12.1 Å². The Kier molecular flexibility index (Phi) is 4.56. The normalized spacial score (nSPS) is 10.8. The highest BCUT2D eigenvalue weighted by atomic mass is 35.5. The molecule has 3 rings (SSSR count). The second kappa shape index (κ2) is 6.61. The Morgan fingerprint density at radius 2 is 2.13 bits per heavy atom. The molecule has 0 spiro atoms. The van der Waals surface area contributed by atoms with Gasteiger partial charge in [-0.15, -0.1) is 11.3 Å². The molecular formula is C14H10ClN3O3S2. The zero-order valence-electron chi connectivity index (χ0n) is 11.6. The molecule has 0 radical (unpaired) electrons. The van der Waals surface area contributed by atoms with Gasteiger partial charge in [0.15, 0.2) is 0 Å². The molecule has 2 heterocycles. The molecule has 1 amide bonds. The van der Waals surface area contributed by atoms with Crippen molar-refractivity contribution >= 4 is 55.4 Å². The van der Waals surface area contributed by atoms with E-state index in [2.05, 4.69) is 10.3 Å². The number of carbonyl (C=O) groups is 1. The maximum atomic E-state index is 11.9. The Hall–Kier alpha value is -2.03. The fourth-order valence-electron chi connectivity index (χ4n) is 1.97. The molecule has 3 aromatic rings. The van der Waals surface area contributed by atoms with E-state index in [4.69, 9.17) is 11.6 Å². The molecule has 6 nitrogen and oxygen atoms in total. The Bertz CT molecular complexity index is 890. The van der Waals surface area contributed by atoms with Crippen LogP contribution in [0.4, 0.5) is 5.00 Å². The lowest BCUT2D eigenvalue weighted by Crippen LogP contribution is -2.24. The molecule has 0 saturated carbocycles. The standard InChI is InChI=1S/C14H10ClN3O3S2/c15-8-1-2-10-9(7-8)17-12(22-10)5-6-16-14(19)11-3-4-13(23-11)18(20)21/h1-4,7H,5-6H2,(H,16,19). The minimum Gasteiger partial charge on any atom is -0.351 e. The van der Waals surface area contributed by atoms with Crippen LogP contribution in [0.3, 0.4) is 0 Å². The van der Waals surface area contributed by atoms with Crippen LogP contribution in [-0.4, -0.2) is 22.4 Å². The molecule has 0 fully saturated rings. The lowest BCUT2D eigenvalue weighted by atomic mass is 10.3. The van der Waals surface area contributed by atoms with E-state index in [0.717, 1.165) is 26.6 Å². The average Bonchev–Trinajstić information content (AvgIpc) is 3.12. The number of halogens is 1. The van der Waals surface area contributed by atoms with Gasteiger partial charge in [-0.3, -0.25) is 14.9 Å². The predicted molar refractivity (Wildman–Crippen MR) is 91.6 cm³/mol. The van der Waals surface area contributed by atoms with Crippen molar-refractivity contribution in [1.82, 2.24) is 10.3 Å². The molecule has 2 aromatic heterocycles. The van der Waals surface area contributed by atoms with Crippen molar-refractivity contribution in [3.8, 4) is 0 Å². The van der Waals surface area contributed by atoms with Crippen molar-refractivity contribution in [2.45, 2.75) is 6.42 Å².